The van der Waals surface area contributed by atoms with Gasteiger partial charge in [-0.2, -0.15) is 0 Å². The van der Waals surface area contributed by atoms with Crippen LogP contribution in [-0.4, -0.2) is 20.7 Å². The van der Waals surface area contributed by atoms with Crippen molar-refractivity contribution in [1.29, 1.82) is 0 Å². The first-order chi connectivity index (χ1) is 5.66. The molecule has 0 aliphatic carbocycles. The lowest BCUT2D eigenvalue weighted by atomic mass is 10.3. The van der Waals surface area contributed by atoms with Crippen LogP contribution >= 0.6 is 0 Å². The van der Waals surface area contributed by atoms with Gasteiger partial charge in [-0.1, -0.05) is 6.92 Å². The van der Waals surface area contributed by atoms with Gasteiger partial charge in [-0.15, -0.1) is 0 Å². The maximum Gasteiger partial charge on any atom is 0.236 e. The minimum atomic E-state index is -0.294. The molecule has 0 unspecified atom stereocenters. The summed E-state index contributed by atoms with van der Waals surface area (Å²) in [5.74, 6) is -0.727. The van der Waals surface area contributed by atoms with E-state index in [9.17, 15) is 4.79 Å². The fraction of sp³-hybridized carbons (Fsp3) is 0.375. The monoisotopic (exact) mass is 169 g/mol. The Morgan fingerprint density at radius 1 is 1.42 bits per heavy atom. The van der Waals surface area contributed by atoms with E-state index in [1.807, 2.05) is 6.92 Å². The van der Waals surface area contributed by atoms with Crippen molar-refractivity contribution >= 4 is 5.91 Å². The summed E-state index contributed by atoms with van der Waals surface area (Å²) in [7, 11) is 0. The van der Waals surface area contributed by atoms with Gasteiger partial charge >= 0.3 is 0 Å². The average molecular weight is 169 g/mol. The van der Waals surface area contributed by atoms with Crippen molar-refractivity contribution in [3.63, 3.8) is 0 Å². The molecule has 0 fully saturated rings. The average Bonchev–Trinajstić information content (AvgIpc) is 2.32. The zero-order chi connectivity index (χ0) is 9.14. The van der Waals surface area contributed by atoms with Gasteiger partial charge in [0.1, 0.15) is 0 Å². The molecule has 1 heterocycles. The summed E-state index contributed by atoms with van der Waals surface area (Å²) in [6.45, 7) is 1.86. The summed E-state index contributed by atoms with van der Waals surface area (Å²) < 4.78 is 0.892. The van der Waals surface area contributed by atoms with Gasteiger partial charge in [0, 0.05) is 18.6 Å². The number of rotatable bonds is 2. The predicted molar refractivity (Wildman–Crippen MR) is 43.3 cm³/mol. The highest BCUT2D eigenvalue weighted by atomic mass is 16.3. The summed E-state index contributed by atoms with van der Waals surface area (Å²) in [6.07, 6.45) is 1.01. The second-order valence-corrected chi connectivity index (χ2v) is 2.53. The molecule has 1 aromatic rings. The molecule has 0 bridgehead atoms. The van der Waals surface area contributed by atoms with E-state index in [1.54, 1.807) is 0 Å². The highest BCUT2D eigenvalue weighted by Crippen LogP contribution is 2.21. The van der Waals surface area contributed by atoms with Gasteiger partial charge in [0.15, 0.2) is 0 Å². The Labute approximate surface area is 70.1 Å². The van der Waals surface area contributed by atoms with Gasteiger partial charge in [-0.25, -0.2) is 4.57 Å². The van der Waals surface area contributed by atoms with E-state index in [0.717, 1.165) is 4.57 Å². The lowest BCUT2D eigenvalue weighted by molar-refractivity contribution is 0.0883. The summed E-state index contributed by atoms with van der Waals surface area (Å²) in [5.41, 5.74) is 0. The van der Waals surface area contributed by atoms with E-state index in [2.05, 4.69) is 0 Å². The van der Waals surface area contributed by atoms with Crippen molar-refractivity contribution in [2.45, 2.75) is 19.8 Å². The molecule has 0 spiro atoms. The molecule has 0 saturated carbocycles. The third-order valence-corrected chi connectivity index (χ3v) is 1.55. The summed E-state index contributed by atoms with van der Waals surface area (Å²) >= 11 is 0. The molecule has 12 heavy (non-hydrogen) atoms. The number of hydrogen-bond acceptors (Lipinski definition) is 3. The van der Waals surface area contributed by atoms with E-state index < -0.39 is 0 Å². The first-order valence-corrected chi connectivity index (χ1v) is 3.79. The standard InChI is InChI=1S/C8H11NO3/c1-2-3-6(10)9-7(11)4-5-8(9)12/h4-5,11-12H,2-3H2,1H3. The lowest BCUT2D eigenvalue weighted by Crippen LogP contribution is -2.08. The Morgan fingerprint density at radius 2 is 1.92 bits per heavy atom. The number of carbonyl (C=O) groups excluding carboxylic acids is 1. The van der Waals surface area contributed by atoms with E-state index in [0.29, 0.717) is 12.8 Å². The fourth-order valence-corrected chi connectivity index (χ4v) is 0.997. The van der Waals surface area contributed by atoms with E-state index >= 15 is 0 Å². The van der Waals surface area contributed by atoms with Crippen molar-refractivity contribution in [2.75, 3.05) is 0 Å². The first-order valence-electron chi connectivity index (χ1n) is 3.79. The molecular weight excluding hydrogens is 158 g/mol. The van der Waals surface area contributed by atoms with Crippen molar-refractivity contribution in [3.05, 3.63) is 12.1 Å². The van der Waals surface area contributed by atoms with Crippen LogP contribution in [-0.2, 0) is 0 Å². The van der Waals surface area contributed by atoms with E-state index in [-0.39, 0.29) is 17.7 Å². The highest BCUT2D eigenvalue weighted by Gasteiger charge is 2.12. The molecule has 0 aliphatic rings. The molecule has 0 aromatic carbocycles. The second kappa shape index (κ2) is 3.30. The van der Waals surface area contributed by atoms with Crippen LogP contribution in [0.5, 0.6) is 11.8 Å². The Balaban J connectivity index is 2.93. The maximum atomic E-state index is 11.2. The molecule has 0 aliphatic heterocycles. The van der Waals surface area contributed by atoms with Crippen LogP contribution in [0, 0.1) is 0 Å². The number of nitrogens with zero attached hydrogens (tertiary/aromatic N) is 1. The Hall–Kier alpha value is -1.45. The van der Waals surface area contributed by atoms with Crippen molar-refractivity contribution < 1.29 is 15.0 Å². The zero-order valence-electron chi connectivity index (χ0n) is 6.82. The van der Waals surface area contributed by atoms with Crippen molar-refractivity contribution in [3.8, 4) is 11.8 Å². The van der Waals surface area contributed by atoms with E-state index in [4.69, 9.17) is 10.2 Å². The van der Waals surface area contributed by atoms with Crippen LogP contribution in [0.25, 0.3) is 0 Å². The molecule has 1 rings (SSSR count). The molecule has 1 aromatic heterocycles. The van der Waals surface area contributed by atoms with Gasteiger partial charge in [0.05, 0.1) is 0 Å². The van der Waals surface area contributed by atoms with Gasteiger partial charge in [-0.05, 0) is 6.42 Å². The van der Waals surface area contributed by atoms with Crippen LogP contribution in [0.15, 0.2) is 12.1 Å². The van der Waals surface area contributed by atoms with Crippen LogP contribution < -0.4 is 0 Å². The third kappa shape index (κ3) is 1.42. The minimum Gasteiger partial charge on any atom is -0.494 e. The van der Waals surface area contributed by atoms with Crippen molar-refractivity contribution in [1.82, 2.24) is 4.57 Å². The second-order valence-electron chi connectivity index (χ2n) is 2.53. The quantitative estimate of drug-likeness (QED) is 0.702. The number of aromatic hydroxyl groups is 2. The summed E-state index contributed by atoms with van der Waals surface area (Å²) in [5, 5.41) is 18.2. The number of carbonyl (C=O) groups is 1. The van der Waals surface area contributed by atoms with E-state index in [1.165, 1.54) is 12.1 Å². The molecule has 4 heteroatoms. The molecule has 66 valence electrons. The van der Waals surface area contributed by atoms with Crippen LogP contribution in [0.1, 0.15) is 24.6 Å². The molecule has 2 N–H and O–H groups in total. The van der Waals surface area contributed by atoms with Crippen molar-refractivity contribution in [2.24, 2.45) is 0 Å². The minimum absolute atomic E-state index is 0.217. The molecule has 0 amide bonds. The summed E-state index contributed by atoms with van der Waals surface area (Å²) in [4.78, 5) is 11.2. The van der Waals surface area contributed by atoms with Crippen LogP contribution in [0.2, 0.25) is 0 Å². The molecular formula is C8H11NO3. The molecule has 0 radical (unpaired) electrons. The topological polar surface area (TPSA) is 62.5 Å². The summed E-state index contributed by atoms with van der Waals surface area (Å²) in [6, 6.07) is 2.56. The fourth-order valence-electron chi connectivity index (χ4n) is 0.997. The van der Waals surface area contributed by atoms with Crippen LogP contribution in [0.4, 0.5) is 0 Å². The lowest BCUT2D eigenvalue weighted by Gasteiger charge is -2.02. The van der Waals surface area contributed by atoms with Gasteiger partial charge in [-0.3, -0.25) is 4.79 Å². The van der Waals surface area contributed by atoms with Crippen LogP contribution in [0.3, 0.4) is 0 Å². The van der Waals surface area contributed by atoms with Gasteiger partial charge in [0.2, 0.25) is 17.7 Å². The SMILES string of the molecule is CCCC(=O)n1c(O)ccc1O. The predicted octanol–water partition coefficient (Wildman–Crippen LogP) is 1.34. The number of aromatic nitrogens is 1. The first kappa shape index (κ1) is 8.64. The smallest absolute Gasteiger partial charge is 0.236 e. The maximum absolute atomic E-state index is 11.2. The molecule has 0 saturated heterocycles. The zero-order valence-corrected chi connectivity index (χ0v) is 6.82. The van der Waals surface area contributed by atoms with Gasteiger partial charge < -0.3 is 10.2 Å². The number of hydrogen-bond donors (Lipinski definition) is 2. The Bertz CT molecular complexity index is 271. The third-order valence-electron chi connectivity index (χ3n) is 1.55. The largest absolute Gasteiger partial charge is 0.494 e. The highest BCUT2D eigenvalue weighted by molar-refractivity contribution is 5.82. The van der Waals surface area contributed by atoms with Gasteiger partial charge in [0.25, 0.3) is 0 Å². The Morgan fingerprint density at radius 3 is 2.33 bits per heavy atom. The normalized spacial score (nSPS) is 10.1. The Kier molecular flexibility index (Phi) is 2.38. The molecule has 4 nitrogen and oxygen atoms in total. The molecule has 0 atom stereocenters.